The van der Waals surface area contributed by atoms with Crippen molar-refractivity contribution in [2.45, 2.75) is 44.7 Å². The number of anilines is 1. The molecular weight excluding hydrogens is 326 g/mol. The molecule has 4 rings (SSSR count). The molecule has 1 fully saturated rings. The van der Waals surface area contributed by atoms with Crippen LogP contribution in [0.2, 0.25) is 0 Å². The second-order valence-corrected chi connectivity index (χ2v) is 7.08. The van der Waals surface area contributed by atoms with Gasteiger partial charge in [0.25, 0.3) is 5.91 Å². The molecule has 0 saturated heterocycles. The van der Waals surface area contributed by atoms with Gasteiger partial charge in [-0.1, -0.05) is 30.7 Å². The van der Waals surface area contributed by atoms with E-state index in [-0.39, 0.29) is 11.7 Å². The number of rotatable bonds is 2. The number of nitrogens with one attached hydrogen (secondary N) is 1. The van der Waals surface area contributed by atoms with Crippen LogP contribution in [0.3, 0.4) is 0 Å². The highest BCUT2D eigenvalue weighted by Crippen LogP contribution is 2.40. The lowest BCUT2D eigenvalue weighted by atomic mass is 9.85. The zero-order valence-corrected chi connectivity index (χ0v) is 14.9. The molecule has 26 heavy (non-hydrogen) atoms. The van der Waals surface area contributed by atoms with E-state index in [9.17, 15) is 9.90 Å². The Hall–Kier alpha value is -2.82. The Kier molecular flexibility index (Phi) is 4.15. The van der Waals surface area contributed by atoms with Gasteiger partial charge in [0, 0.05) is 11.3 Å². The molecule has 0 aromatic heterocycles. The van der Waals surface area contributed by atoms with Crippen LogP contribution < -0.4 is 5.32 Å². The fourth-order valence-corrected chi connectivity index (χ4v) is 3.99. The van der Waals surface area contributed by atoms with Crippen LogP contribution >= 0.6 is 0 Å². The molecule has 134 valence electrons. The van der Waals surface area contributed by atoms with Crippen LogP contribution in [0.15, 0.2) is 53.6 Å². The first-order valence-corrected chi connectivity index (χ1v) is 9.16. The summed E-state index contributed by atoms with van der Waals surface area (Å²) in [5, 5.41) is 20.1. The minimum Gasteiger partial charge on any atom is -0.507 e. The van der Waals surface area contributed by atoms with Crippen molar-refractivity contribution in [3.8, 4) is 5.75 Å². The quantitative estimate of drug-likeness (QED) is 0.793. The van der Waals surface area contributed by atoms with Gasteiger partial charge in [0.2, 0.25) is 0 Å². The highest BCUT2D eigenvalue weighted by molar-refractivity contribution is 6.05. The van der Waals surface area contributed by atoms with Crippen molar-refractivity contribution in [2.24, 2.45) is 5.10 Å². The van der Waals surface area contributed by atoms with Gasteiger partial charge in [-0.15, -0.1) is 0 Å². The van der Waals surface area contributed by atoms with Gasteiger partial charge in [0.15, 0.2) is 0 Å². The van der Waals surface area contributed by atoms with E-state index in [2.05, 4.69) is 5.32 Å². The molecule has 1 spiro atoms. The van der Waals surface area contributed by atoms with Crippen LogP contribution in [-0.4, -0.2) is 27.4 Å². The predicted molar refractivity (Wildman–Crippen MR) is 102 cm³/mol. The summed E-state index contributed by atoms with van der Waals surface area (Å²) in [5.41, 5.74) is 2.30. The highest BCUT2D eigenvalue weighted by atomic mass is 16.3. The zero-order valence-electron chi connectivity index (χ0n) is 14.9. The monoisotopic (exact) mass is 349 g/mol. The lowest BCUT2D eigenvalue weighted by Gasteiger charge is -2.48. The number of aromatic hydroxyl groups is 1. The maximum atomic E-state index is 13.3. The molecule has 0 bridgehead atoms. The Bertz CT molecular complexity index is 869. The number of phenolic OH excluding ortho intramolecular Hbond substituents is 1. The third-order valence-electron chi connectivity index (χ3n) is 5.35. The van der Waals surface area contributed by atoms with Gasteiger partial charge in [-0.05, 0) is 56.9 Å². The van der Waals surface area contributed by atoms with Gasteiger partial charge in [0.1, 0.15) is 11.4 Å². The maximum absolute atomic E-state index is 13.3. The average molecular weight is 349 g/mol. The molecular formula is C21H23N3O2. The Morgan fingerprint density at radius 1 is 1.08 bits per heavy atom. The largest absolute Gasteiger partial charge is 0.507 e. The minimum atomic E-state index is -0.491. The number of nitrogens with zero attached hydrogens (tertiary/aromatic N) is 2. The van der Waals surface area contributed by atoms with Crippen LogP contribution in [0.25, 0.3) is 0 Å². The minimum absolute atomic E-state index is 0.0870. The van der Waals surface area contributed by atoms with Crippen molar-refractivity contribution in [1.82, 2.24) is 5.01 Å². The van der Waals surface area contributed by atoms with E-state index in [1.54, 1.807) is 17.1 Å². The maximum Gasteiger partial charge on any atom is 0.278 e. The molecule has 0 radical (unpaired) electrons. The number of benzene rings is 2. The summed E-state index contributed by atoms with van der Waals surface area (Å²) in [7, 11) is 0. The molecule has 5 heteroatoms. The summed E-state index contributed by atoms with van der Waals surface area (Å²) in [6.07, 6.45) is 5.03. The average Bonchev–Trinajstić information content (AvgIpc) is 2.66. The molecule has 5 nitrogen and oxygen atoms in total. The molecule has 1 saturated carbocycles. The Labute approximate surface area is 153 Å². The molecule has 1 aliphatic heterocycles. The third kappa shape index (κ3) is 2.73. The zero-order chi connectivity index (χ0) is 18.1. The first-order chi connectivity index (χ1) is 12.6. The predicted octanol–water partition coefficient (Wildman–Crippen LogP) is 4.34. The van der Waals surface area contributed by atoms with Crippen molar-refractivity contribution in [3.05, 3.63) is 59.7 Å². The molecule has 2 N–H and O–H groups in total. The fraction of sp³-hybridized carbons (Fsp3) is 0.333. The molecule has 2 aromatic carbocycles. The molecule has 1 amide bonds. The Balaban J connectivity index is 1.80. The number of hydrazone groups is 1. The van der Waals surface area contributed by atoms with E-state index < -0.39 is 5.66 Å². The number of carbonyl (C=O) groups is 1. The van der Waals surface area contributed by atoms with Gasteiger partial charge in [-0.3, -0.25) is 4.79 Å². The summed E-state index contributed by atoms with van der Waals surface area (Å²) in [5.74, 6) is 0.0836. The SMILES string of the molecule is C/C(=N/N1C(=O)c2ccccc2NC12CCCCC2)c1ccccc1O. The topological polar surface area (TPSA) is 64.9 Å². The van der Waals surface area contributed by atoms with E-state index in [0.717, 1.165) is 31.4 Å². The first-order valence-electron chi connectivity index (χ1n) is 9.16. The first kappa shape index (κ1) is 16.6. The number of para-hydroxylation sites is 2. The van der Waals surface area contributed by atoms with Crippen LogP contribution in [-0.2, 0) is 0 Å². The normalized spacial score (nSPS) is 19.2. The van der Waals surface area contributed by atoms with E-state index in [1.165, 1.54) is 6.42 Å². The van der Waals surface area contributed by atoms with Crippen molar-refractivity contribution >= 4 is 17.3 Å². The Morgan fingerprint density at radius 2 is 1.77 bits per heavy atom. The van der Waals surface area contributed by atoms with Gasteiger partial charge in [0.05, 0.1) is 11.3 Å². The van der Waals surface area contributed by atoms with Gasteiger partial charge in [-0.2, -0.15) is 5.10 Å². The summed E-state index contributed by atoms with van der Waals surface area (Å²) in [6.45, 7) is 1.83. The summed E-state index contributed by atoms with van der Waals surface area (Å²) in [6, 6.07) is 14.7. The Morgan fingerprint density at radius 3 is 2.54 bits per heavy atom. The second-order valence-electron chi connectivity index (χ2n) is 7.08. The summed E-state index contributed by atoms with van der Waals surface area (Å²) in [4.78, 5) is 13.3. The van der Waals surface area contributed by atoms with E-state index in [1.807, 2.05) is 43.3 Å². The number of hydrogen-bond donors (Lipinski definition) is 2. The van der Waals surface area contributed by atoms with E-state index in [0.29, 0.717) is 16.8 Å². The van der Waals surface area contributed by atoms with E-state index in [4.69, 9.17) is 5.10 Å². The van der Waals surface area contributed by atoms with Crippen LogP contribution in [0.4, 0.5) is 5.69 Å². The van der Waals surface area contributed by atoms with Crippen molar-refractivity contribution in [3.63, 3.8) is 0 Å². The third-order valence-corrected chi connectivity index (χ3v) is 5.35. The van der Waals surface area contributed by atoms with Crippen LogP contribution in [0.5, 0.6) is 5.75 Å². The standard InChI is InChI=1S/C21H23N3O2/c1-15(16-9-4-6-12-19(16)25)23-24-20(26)17-10-3-5-11-18(17)22-21(24)13-7-2-8-14-21/h3-6,9-12,22,25H,2,7-8,13-14H2,1H3/b23-15-. The van der Waals surface area contributed by atoms with Gasteiger partial charge < -0.3 is 10.4 Å². The highest BCUT2D eigenvalue weighted by Gasteiger charge is 2.45. The molecule has 0 atom stereocenters. The molecule has 2 aromatic rings. The lowest BCUT2D eigenvalue weighted by molar-refractivity contribution is 0.0409. The molecule has 1 aliphatic carbocycles. The van der Waals surface area contributed by atoms with Crippen molar-refractivity contribution in [1.29, 1.82) is 0 Å². The smallest absolute Gasteiger partial charge is 0.278 e. The molecule has 1 heterocycles. The summed E-state index contributed by atoms with van der Waals surface area (Å²) < 4.78 is 0. The van der Waals surface area contributed by atoms with E-state index >= 15 is 0 Å². The van der Waals surface area contributed by atoms with Crippen LogP contribution in [0.1, 0.15) is 54.9 Å². The van der Waals surface area contributed by atoms with Gasteiger partial charge in [-0.25, -0.2) is 5.01 Å². The summed E-state index contributed by atoms with van der Waals surface area (Å²) >= 11 is 0. The number of amides is 1. The number of fused-ring (bicyclic) bond motifs is 1. The van der Waals surface area contributed by atoms with Crippen molar-refractivity contribution < 1.29 is 9.90 Å². The number of carbonyl (C=O) groups excluding carboxylic acids is 1. The fourth-order valence-electron chi connectivity index (χ4n) is 3.99. The molecule has 0 unspecified atom stereocenters. The van der Waals surface area contributed by atoms with Crippen LogP contribution in [0, 0.1) is 0 Å². The number of hydrogen-bond acceptors (Lipinski definition) is 4. The molecule has 2 aliphatic rings. The second kappa shape index (κ2) is 6.48. The number of phenols is 1. The van der Waals surface area contributed by atoms with Crippen molar-refractivity contribution in [2.75, 3.05) is 5.32 Å². The lowest BCUT2D eigenvalue weighted by Crippen LogP contribution is -2.58. The van der Waals surface area contributed by atoms with Gasteiger partial charge >= 0.3 is 0 Å².